The predicted molar refractivity (Wildman–Crippen MR) is 94.2 cm³/mol. The van der Waals surface area contributed by atoms with Crippen molar-refractivity contribution in [2.24, 2.45) is 5.14 Å². The van der Waals surface area contributed by atoms with Crippen LogP contribution in [0, 0.1) is 6.92 Å². The molecule has 0 radical (unpaired) electrons. The van der Waals surface area contributed by atoms with Crippen LogP contribution in [0.15, 0.2) is 47.4 Å². The lowest BCUT2D eigenvalue weighted by Gasteiger charge is -2.11. The van der Waals surface area contributed by atoms with Crippen LogP contribution in [0.2, 0.25) is 0 Å². The number of nitrogens with one attached hydrogen (secondary N) is 1. The highest BCUT2D eigenvalue weighted by atomic mass is 32.2. The fourth-order valence-electron chi connectivity index (χ4n) is 2.17. The highest BCUT2D eigenvalue weighted by molar-refractivity contribution is 7.97. The van der Waals surface area contributed by atoms with Crippen molar-refractivity contribution in [3.8, 4) is 0 Å². The monoisotopic (exact) mass is 350 g/mol. The number of sulfonamides is 1. The van der Waals surface area contributed by atoms with Gasteiger partial charge >= 0.3 is 0 Å². The summed E-state index contributed by atoms with van der Waals surface area (Å²) in [6.45, 7) is 1.61. The van der Waals surface area contributed by atoms with Crippen LogP contribution < -0.4 is 10.5 Å². The smallest absolute Gasteiger partial charge is 0.255 e. The van der Waals surface area contributed by atoms with Crippen molar-refractivity contribution >= 4 is 33.4 Å². The Morgan fingerprint density at radius 2 is 1.83 bits per heavy atom. The molecule has 23 heavy (non-hydrogen) atoms. The third-order valence-electron chi connectivity index (χ3n) is 3.37. The second-order valence-corrected chi connectivity index (χ2v) is 7.45. The molecule has 2 aromatic carbocycles. The van der Waals surface area contributed by atoms with Gasteiger partial charge in [-0.15, -0.1) is 0 Å². The first-order valence-electron chi connectivity index (χ1n) is 6.84. The van der Waals surface area contributed by atoms with Gasteiger partial charge in [0.2, 0.25) is 10.0 Å². The van der Waals surface area contributed by atoms with Crippen LogP contribution in [0.1, 0.15) is 21.5 Å². The molecule has 1 amide bonds. The van der Waals surface area contributed by atoms with E-state index in [0.29, 0.717) is 16.8 Å². The van der Waals surface area contributed by atoms with E-state index in [1.165, 1.54) is 6.07 Å². The molecule has 5 nitrogen and oxygen atoms in total. The number of primary sulfonamides is 1. The molecule has 0 heterocycles. The number of carbonyl (C=O) groups excluding carboxylic acids is 1. The number of carbonyl (C=O) groups is 1. The third kappa shape index (κ3) is 4.34. The summed E-state index contributed by atoms with van der Waals surface area (Å²) in [6, 6.07) is 11.9. The van der Waals surface area contributed by atoms with E-state index in [-0.39, 0.29) is 10.8 Å². The first kappa shape index (κ1) is 17.5. The Kier molecular flexibility index (Phi) is 5.46. The van der Waals surface area contributed by atoms with Gasteiger partial charge in [-0.2, -0.15) is 11.8 Å². The maximum absolute atomic E-state index is 12.3. The summed E-state index contributed by atoms with van der Waals surface area (Å²) in [5.74, 6) is 0.590. The summed E-state index contributed by atoms with van der Waals surface area (Å²) in [7, 11) is -3.82. The van der Waals surface area contributed by atoms with Gasteiger partial charge in [-0.25, -0.2) is 13.6 Å². The van der Waals surface area contributed by atoms with Crippen molar-refractivity contribution in [2.45, 2.75) is 17.6 Å². The van der Waals surface area contributed by atoms with Gasteiger partial charge in [-0.05, 0) is 48.6 Å². The van der Waals surface area contributed by atoms with Crippen molar-refractivity contribution < 1.29 is 13.2 Å². The Hall–Kier alpha value is -1.83. The molecule has 0 aliphatic rings. The minimum Gasteiger partial charge on any atom is -0.322 e. The molecule has 0 bridgehead atoms. The topological polar surface area (TPSA) is 89.3 Å². The lowest BCUT2D eigenvalue weighted by atomic mass is 10.1. The zero-order valence-electron chi connectivity index (χ0n) is 12.9. The lowest BCUT2D eigenvalue weighted by Crippen LogP contribution is -2.17. The van der Waals surface area contributed by atoms with E-state index in [2.05, 4.69) is 5.32 Å². The van der Waals surface area contributed by atoms with Gasteiger partial charge in [0, 0.05) is 17.0 Å². The number of thioether (sulfide) groups is 1. The normalized spacial score (nSPS) is 11.3. The largest absolute Gasteiger partial charge is 0.322 e. The van der Waals surface area contributed by atoms with Gasteiger partial charge in [0.1, 0.15) is 0 Å². The predicted octanol–water partition coefficient (Wildman–Crippen LogP) is 2.76. The highest BCUT2D eigenvalue weighted by Crippen LogP contribution is 2.22. The summed E-state index contributed by atoms with van der Waals surface area (Å²) < 4.78 is 23.0. The SMILES string of the molecule is CSCc1ccc(C(=O)Nc2cccc(S(N)(=O)=O)c2C)cc1. The number of hydrogen-bond acceptors (Lipinski definition) is 4. The van der Waals surface area contributed by atoms with Crippen LogP contribution in [0.4, 0.5) is 5.69 Å². The van der Waals surface area contributed by atoms with Gasteiger partial charge < -0.3 is 5.32 Å². The van der Waals surface area contributed by atoms with E-state index >= 15 is 0 Å². The molecule has 3 N–H and O–H groups in total. The number of hydrogen-bond donors (Lipinski definition) is 2. The molecule has 0 aromatic heterocycles. The summed E-state index contributed by atoms with van der Waals surface area (Å²) in [4.78, 5) is 12.3. The summed E-state index contributed by atoms with van der Waals surface area (Å²) in [5.41, 5.74) is 2.49. The van der Waals surface area contributed by atoms with Crippen molar-refractivity contribution in [3.63, 3.8) is 0 Å². The molecule has 0 aliphatic carbocycles. The van der Waals surface area contributed by atoms with Crippen LogP contribution in [0.5, 0.6) is 0 Å². The first-order chi connectivity index (χ1) is 10.8. The summed E-state index contributed by atoms with van der Waals surface area (Å²) >= 11 is 1.71. The molecule has 0 saturated heterocycles. The fraction of sp³-hybridized carbons (Fsp3) is 0.188. The van der Waals surface area contributed by atoms with Crippen molar-refractivity contribution in [1.29, 1.82) is 0 Å². The molecule has 0 saturated carbocycles. The zero-order chi connectivity index (χ0) is 17.0. The van der Waals surface area contributed by atoms with Crippen LogP contribution in [-0.2, 0) is 15.8 Å². The molecule has 0 unspecified atom stereocenters. The number of nitrogens with two attached hydrogens (primary N) is 1. The Labute approximate surface area is 140 Å². The standard InChI is InChI=1S/C16H18N2O3S2/c1-11-14(4-3-5-15(11)23(17,20)21)18-16(19)13-8-6-12(7-9-13)10-22-2/h3-9H,10H2,1-2H3,(H,18,19)(H2,17,20,21). The van der Waals surface area contributed by atoms with E-state index < -0.39 is 10.0 Å². The van der Waals surface area contributed by atoms with Crippen molar-refractivity contribution in [1.82, 2.24) is 0 Å². The van der Waals surface area contributed by atoms with Gasteiger partial charge in [0.25, 0.3) is 5.91 Å². The van der Waals surface area contributed by atoms with Gasteiger partial charge in [-0.1, -0.05) is 18.2 Å². The average molecular weight is 350 g/mol. The molecule has 0 spiro atoms. The molecule has 0 atom stereocenters. The third-order valence-corrected chi connectivity index (χ3v) is 5.04. The molecule has 0 aliphatic heterocycles. The molecule has 7 heteroatoms. The van der Waals surface area contributed by atoms with Crippen molar-refractivity contribution in [3.05, 3.63) is 59.2 Å². The molecule has 2 rings (SSSR count). The van der Waals surface area contributed by atoms with E-state index in [1.54, 1.807) is 43.0 Å². The fourth-order valence-corrected chi connectivity index (χ4v) is 3.50. The van der Waals surface area contributed by atoms with Crippen LogP contribution >= 0.6 is 11.8 Å². The Morgan fingerprint density at radius 1 is 1.17 bits per heavy atom. The Morgan fingerprint density at radius 3 is 2.39 bits per heavy atom. The molecule has 0 fully saturated rings. The van der Waals surface area contributed by atoms with E-state index in [9.17, 15) is 13.2 Å². The summed E-state index contributed by atoms with van der Waals surface area (Å²) in [6.07, 6.45) is 2.02. The number of anilines is 1. The maximum atomic E-state index is 12.3. The van der Waals surface area contributed by atoms with E-state index in [4.69, 9.17) is 5.14 Å². The highest BCUT2D eigenvalue weighted by Gasteiger charge is 2.15. The van der Waals surface area contributed by atoms with Gasteiger partial charge in [-0.3, -0.25) is 4.79 Å². The minimum atomic E-state index is -3.82. The lowest BCUT2D eigenvalue weighted by molar-refractivity contribution is 0.102. The summed E-state index contributed by atoms with van der Waals surface area (Å²) in [5, 5.41) is 7.90. The second kappa shape index (κ2) is 7.16. The van der Waals surface area contributed by atoms with Gasteiger partial charge in [0.05, 0.1) is 4.90 Å². The minimum absolute atomic E-state index is 0.00520. The molecule has 2 aromatic rings. The Balaban J connectivity index is 2.24. The maximum Gasteiger partial charge on any atom is 0.255 e. The first-order valence-corrected chi connectivity index (χ1v) is 9.78. The van der Waals surface area contributed by atoms with Crippen LogP contribution in [0.25, 0.3) is 0 Å². The van der Waals surface area contributed by atoms with Crippen LogP contribution in [0.3, 0.4) is 0 Å². The van der Waals surface area contributed by atoms with E-state index in [1.807, 2.05) is 18.4 Å². The number of amides is 1. The van der Waals surface area contributed by atoms with E-state index in [0.717, 1.165) is 11.3 Å². The van der Waals surface area contributed by atoms with Crippen molar-refractivity contribution in [2.75, 3.05) is 11.6 Å². The second-order valence-electron chi connectivity index (χ2n) is 5.06. The Bertz CT molecular complexity index is 816. The zero-order valence-corrected chi connectivity index (χ0v) is 14.5. The molecule has 122 valence electrons. The molecular weight excluding hydrogens is 332 g/mol. The number of benzene rings is 2. The average Bonchev–Trinajstić information content (AvgIpc) is 2.49. The molecular formula is C16H18N2O3S2. The van der Waals surface area contributed by atoms with Gasteiger partial charge in [0.15, 0.2) is 0 Å². The quantitative estimate of drug-likeness (QED) is 0.868. The number of rotatable bonds is 5. The van der Waals surface area contributed by atoms with Crippen LogP contribution in [-0.4, -0.2) is 20.6 Å².